The molecule has 40 heavy (non-hydrogen) atoms. The van der Waals surface area contributed by atoms with E-state index in [0.717, 1.165) is 43.4 Å². The van der Waals surface area contributed by atoms with Gasteiger partial charge in [0.15, 0.2) is 0 Å². The van der Waals surface area contributed by atoms with Crippen LogP contribution >= 0.6 is 0 Å². The number of carbonyl (C=O) groups excluding carboxylic acids is 1. The highest BCUT2D eigenvalue weighted by Crippen LogP contribution is 2.56. The fourth-order valence-corrected chi connectivity index (χ4v) is 7.88. The summed E-state index contributed by atoms with van der Waals surface area (Å²) in [6.07, 6.45) is 6.98. The summed E-state index contributed by atoms with van der Waals surface area (Å²) in [7, 11) is 0. The molecule has 216 valence electrons. The molecule has 2 fully saturated rings. The van der Waals surface area contributed by atoms with Gasteiger partial charge in [-0.15, -0.1) is 0 Å². The highest BCUT2D eigenvalue weighted by Gasteiger charge is 2.55. The summed E-state index contributed by atoms with van der Waals surface area (Å²) >= 11 is 0. The molecular formula is C34H45NO5. The smallest absolute Gasteiger partial charge is 0.410 e. The summed E-state index contributed by atoms with van der Waals surface area (Å²) < 4.78 is 12.0. The number of piperidine rings is 1. The number of nitrogens with zero attached hydrogens (tertiary/aromatic N) is 1. The lowest BCUT2D eigenvalue weighted by molar-refractivity contribution is -0.145. The second-order valence-electron chi connectivity index (χ2n) is 13.6. The number of amides is 1. The third-order valence-electron chi connectivity index (χ3n) is 9.62. The van der Waals surface area contributed by atoms with Crippen LogP contribution in [0.5, 0.6) is 5.75 Å². The first-order chi connectivity index (χ1) is 19.1. The molecule has 2 aromatic rings. The number of likely N-dealkylation sites (tertiary alicyclic amines) is 1. The molecule has 1 N–H and O–H groups in total. The van der Waals surface area contributed by atoms with E-state index in [0.29, 0.717) is 19.1 Å². The Morgan fingerprint density at radius 3 is 2.60 bits per heavy atom. The van der Waals surface area contributed by atoms with E-state index in [9.17, 15) is 14.7 Å². The summed E-state index contributed by atoms with van der Waals surface area (Å²) in [5, 5.41) is 9.93. The Bertz CT molecular complexity index is 1200. The maximum atomic E-state index is 13.3. The molecule has 2 unspecified atom stereocenters. The predicted octanol–water partition coefficient (Wildman–Crippen LogP) is 7.23. The summed E-state index contributed by atoms with van der Waals surface area (Å²) in [6, 6.07) is 16.3. The molecule has 1 saturated heterocycles. The molecule has 1 heterocycles. The van der Waals surface area contributed by atoms with Gasteiger partial charge in [0, 0.05) is 18.0 Å². The molecule has 2 bridgehead atoms. The maximum absolute atomic E-state index is 13.3. The molecule has 2 aliphatic carbocycles. The Morgan fingerprint density at radius 2 is 1.88 bits per heavy atom. The first-order valence-electron chi connectivity index (χ1n) is 15.0. The molecule has 3 aliphatic rings. The monoisotopic (exact) mass is 547 g/mol. The van der Waals surface area contributed by atoms with Gasteiger partial charge in [-0.05, 0) is 78.2 Å². The molecule has 5 atom stereocenters. The van der Waals surface area contributed by atoms with Crippen LogP contribution in [-0.2, 0) is 28.0 Å². The second-order valence-corrected chi connectivity index (χ2v) is 13.6. The molecule has 1 aliphatic heterocycles. The van der Waals surface area contributed by atoms with Crippen molar-refractivity contribution >= 4 is 12.1 Å². The molecule has 6 heteroatoms. The normalized spacial score (nSPS) is 25.2. The Hall–Kier alpha value is -3.02. The van der Waals surface area contributed by atoms with Crippen molar-refractivity contribution in [2.24, 2.45) is 23.2 Å². The van der Waals surface area contributed by atoms with Gasteiger partial charge in [0.1, 0.15) is 19.0 Å². The van der Waals surface area contributed by atoms with E-state index >= 15 is 0 Å². The topological polar surface area (TPSA) is 76.1 Å². The first kappa shape index (κ1) is 28.5. The number of carboxylic acids is 1. The van der Waals surface area contributed by atoms with Crippen molar-refractivity contribution in [2.45, 2.75) is 90.7 Å². The summed E-state index contributed by atoms with van der Waals surface area (Å²) in [5.41, 5.74) is 3.75. The summed E-state index contributed by atoms with van der Waals surface area (Å²) in [5.74, 6) is -0.168. The van der Waals surface area contributed by atoms with E-state index in [-0.39, 0.29) is 35.5 Å². The summed E-state index contributed by atoms with van der Waals surface area (Å²) in [4.78, 5) is 27.4. The van der Waals surface area contributed by atoms with E-state index in [1.807, 2.05) is 48.2 Å². The van der Waals surface area contributed by atoms with Gasteiger partial charge in [0.25, 0.3) is 0 Å². The molecule has 6 nitrogen and oxygen atoms in total. The average Bonchev–Trinajstić information content (AvgIpc) is 2.91. The zero-order valence-electron chi connectivity index (χ0n) is 24.5. The molecule has 0 spiro atoms. The molecule has 1 amide bonds. The minimum absolute atomic E-state index is 0.0168. The van der Waals surface area contributed by atoms with Crippen LogP contribution in [0.3, 0.4) is 0 Å². The van der Waals surface area contributed by atoms with Gasteiger partial charge in [0.05, 0.1) is 5.92 Å². The van der Waals surface area contributed by atoms with Crippen LogP contribution in [0.15, 0.2) is 48.5 Å². The minimum atomic E-state index is -0.796. The zero-order valence-corrected chi connectivity index (χ0v) is 24.5. The summed E-state index contributed by atoms with van der Waals surface area (Å²) in [6.45, 7) is 9.62. The van der Waals surface area contributed by atoms with Crippen LogP contribution in [-0.4, -0.2) is 41.3 Å². The van der Waals surface area contributed by atoms with E-state index in [1.54, 1.807) is 0 Å². The van der Waals surface area contributed by atoms with Crippen molar-refractivity contribution in [1.29, 1.82) is 0 Å². The molecule has 0 radical (unpaired) electrons. The zero-order chi connectivity index (χ0) is 28.5. The fraction of sp³-hybridized carbons (Fsp3) is 0.588. The fourth-order valence-electron chi connectivity index (χ4n) is 7.88. The Kier molecular flexibility index (Phi) is 8.17. The van der Waals surface area contributed by atoms with Gasteiger partial charge in [-0.25, -0.2) is 4.79 Å². The van der Waals surface area contributed by atoms with Gasteiger partial charge in [0.2, 0.25) is 0 Å². The largest absolute Gasteiger partial charge is 0.493 e. The first-order valence-corrected chi connectivity index (χ1v) is 15.0. The molecular weight excluding hydrogens is 502 g/mol. The van der Waals surface area contributed by atoms with Crippen LogP contribution in [0.2, 0.25) is 0 Å². The lowest BCUT2D eigenvalue weighted by atomic mass is 9.52. The minimum Gasteiger partial charge on any atom is -0.493 e. The van der Waals surface area contributed by atoms with E-state index in [1.165, 1.54) is 24.0 Å². The van der Waals surface area contributed by atoms with Crippen molar-refractivity contribution in [1.82, 2.24) is 4.90 Å². The second kappa shape index (κ2) is 11.5. The van der Waals surface area contributed by atoms with Crippen molar-refractivity contribution < 1.29 is 24.2 Å². The lowest BCUT2D eigenvalue weighted by Gasteiger charge is -2.58. The SMILES string of the molecule is CC(CC(C)(C)C)C(COc1ccc2c(c1)[C@@]13CCCC[C@H]1[C@@H](C2)N(C(=O)OCc1ccccc1)CC3)C(=O)O. The number of benzene rings is 2. The van der Waals surface area contributed by atoms with Gasteiger partial charge in [-0.2, -0.15) is 0 Å². The van der Waals surface area contributed by atoms with E-state index in [4.69, 9.17) is 9.47 Å². The number of carbonyl (C=O) groups is 2. The number of hydrogen-bond donors (Lipinski definition) is 1. The predicted molar refractivity (Wildman–Crippen MR) is 155 cm³/mol. The molecule has 2 aromatic carbocycles. The molecule has 1 saturated carbocycles. The Balaban J connectivity index is 1.33. The Morgan fingerprint density at radius 1 is 1.10 bits per heavy atom. The van der Waals surface area contributed by atoms with Crippen molar-refractivity contribution in [2.75, 3.05) is 13.2 Å². The van der Waals surface area contributed by atoms with Crippen molar-refractivity contribution in [3.05, 3.63) is 65.2 Å². The number of fused-ring (bicyclic) bond motifs is 1. The van der Waals surface area contributed by atoms with Crippen LogP contribution in [0.25, 0.3) is 0 Å². The van der Waals surface area contributed by atoms with Gasteiger partial charge < -0.3 is 19.5 Å². The highest BCUT2D eigenvalue weighted by atomic mass is 16.6. The van der Waals surface area contributed by atoms with Crippen LogP contribution < -0.4 is 4.74 Å². The number of rotatable bonds is 8. The van der Waals surface area contributed by atoms with Crippen LogP contribution in [0.4, 0.5) is 4.79 Å². The van der Waals surface area contributed by atoms with Gasteiger partial charge >= 0.3 is 12.1 Å². The molecule has 5 rings (SSSR count). The number of aliphatic carboxylic acids is 1. The van der Waals surface area contributed by atoms with Gasteiger partial charge in [-0.3, -0.25) is 4.79 Å². The lowest BCUT2D eigenvalue weighted by Crippen LogP contribution is -2.62. The maximum Gasteiger partial charge on any atom is 0.410 e. The van der Waals surface area contributed by atoms with Crippen LogP contribution in [0, 0.1) is 23.2 Å². The van der Waals surface area contributed by atoms with Gasteiger partial charge in [-0.1, -0.05) is 76.9 Å². The third-order valence-corrected chi connectivity index (χ3v) is 9.62. The molecule has 0 aromatic heterocycles. The van der Waals surface area contributed by atoms with Crippen molar-refractivity contribution in [3.8, 4) is 5.75 Å². The number of ether oxygens (including phenoxy) is 2. The third kappa shape index (κ3) is 5.87. The number of hydrogen-bond acceptors (Lipinski definition) is 4. The number of carboxylic acid groups (broad SMARTS) is 1. The van der Waals surface area contributed by atoms with E-state index in [2.05, 4.69) is 32.9 Å². The highest BCUT2D eigenvalue weighted by molar-refractivity contribution is 5.70. The Labute approximate surface area is 239 Å². The standard InChI is InChI=1S/C34H45NO5/c1-23(20-33(2,3)4)27(31(36)37)22-39-26-14-13-25-18-30-28-12-8-9-15-34(28,29(25)19-26)16-17-35(30)32(38)40-21-24-10-6-5-7-11-24/h5-7,10-11,13-14,19,23,27-28,30H,8-9,12,15-18,20-22H2,1-4H3,(H,36,37)/t23?,27?,28-,30+,34+/m0/s1. The van der Waals surface area contributed by atoms with Crippen molar-refractivity contribution in [3.63, 3.8) is 0 Å². The average molecular weight is 548 g/mol. The quantitative estimate of drug-likeness (QED) is 0.377. The van der Waals surface area contributed by atoms with E-state index < -0.39 is 11.9 Å². The van der Waals surface area contributed by atoms with Crippen LogP contribution in [0.1, 0.15) is 82.9 Å².